The Kier molecular flexibility index (Phi) is 5.95. The second kappa shape index (κ2) is 8.24. The first kappa shape index (κ1) is 20.2. The second-order valence-electron chi connectivity index (χ2n) is 6.50. The Labute approximate surface area is 168 Å². The Morgan fingerprint density at radius 2 is 1.86 bits per heavy atom. The molecule has 0 unspecified atom stereocenters. The molecule has 7 nitrogen and oxygen atoms in total. The van der Waals surface area contributed by atoms with Crippen molar-refractivity contribution >= 4 is 44.3 Å². The summed E-state index contributed by atoms with van der Waals surface area (Å²) in [6, 6.07) is 13.6. The van der Waals surface area contributed by atoms with Crippen LogP contribution < -0.4 is 9.62 Å². The topological polar surface area (TPSA) is 86.8 Å². The molecule has 0 atom stereocenters. The van der Waals surface area contributed by atoms with Crippen molar-refractivity contribution in [1.29, 1.82) is 0 Å². The maximum atomic E-state index is 12.7. The van der Waals surface area contributed by atoms with Gasteiger partial charge in [-0.05, 0) is 48.5 Å². The molecular weight excluding hydrogens is 398 g/mol. The zero-order valence-electron chi connectivity index (χ0n) is 15.6. The van der Waals surface area contributed by atoms with Gasteiger partial charge in [0.1, 0.15) is 0 Å². The molecule has 1 saturated heterocycles. The highest BCUT2D eigenvalue weighted by Gasteiger charge is 2.28. The van der Waals surface area contributed by atoms with E-state index in [0.29, 0.717) is 34.8 Å². The van der Waals surface area contributed by atoms with Crippen LogP contribution in [-0.2, 0) is 10.0 Å². The summed E-state index contributed by atoms with van der Waals surface area (Å²) in [6.45, 7) is 0.416. The Balaban J connectivity index is 1.81. The minimum absolute atomic E-state index is 0.119. The molecule has 9 heteroatoms. The minimum atomic E-state index is -3.31. The highest BCUT2D eigenvalue weighted by molar-refractivity contribution is 8.13. The van der Waals surface area contributed by atoms with Crippen molar-refractivity contribution in [1.82, 2.24) is 4.90 Å². The Hall–Kier alpha value is -2.52. The minimum Gasteiger partial charge on any atom is -0.339 e. The maximum Gasteiger partial charge on any atom is 0.286 e. The van der Waals surface area contributed by atoms with Gasteiger partial charge < -0.3 is 10.2 Å². The Morgan fingerprint density at radius 1 is 1.11 bits per heavy atom. The molecule has 0 radical (unpaired) electrons. The average molecular weight is 420 g/mol. The van der Waals surface area contributed by atoms with Crippen LogP contribution in [0.5, 0.6) is 0 Å². The fourth-order valence-electron chi connectivity index (χ4n) is 2.77. The van der Waals surface area contributed by atoms with Gasteiger partial charge in [-0.15, -0.1) is 0 Å². The number of anilines is 2. The molecule has 0 aromatic heterocycles. The van der Waals surface area contributed by atoms with Crippen LogP contribution in [0.1, 0.15) is 16.8 Å². The van der Waals surface area contributed by atoms with E-state index in [0.717, 1.165) is 11.8 Å². The Morgan fingerprint density at radius 3 is 2.54 bits per heavy atom. The smallest absolute Gasteiger partial charge is 0.286 e. The zero-order chi connectivity index (χ0) is 20.3. The van der Waals surface area contributed by atoms with Gasteiger partial charge in [0, 0.05) is 31.1 Å². The lowest BCUT2D eigenvalue weighted by Crippen LogP contribution is -2.25. The van der Waals surface area contributed by atoms with E-state index in [2.05, 4.69) is 5.32 Å². The highest BCUT2D eigenvalue weighted by Crippen LogP contribution is 2.30. The van der Waals surface area contributed by atoms with Crippen LogP contribution in [0.2, 0.25) is 0 Å². The number of hydrogen-bond donors (Lipinski definition) is 1. The first-order valence-electron chi connectivity index (χ1n) is 8.68. The lowest BCUT2D eigenvalue weighted by atomic mass is 10.1. The van der Waals surface area contributed by atoms with Gasteiger partial charge in [-0.25, -0.2) is 8.42 Å². The van der Waals surface area contributed by atoms with E-state index in [4.69, 9.17) is 0 Å². The van der Waals surface area contributed by atoms with Crippen LogP contribution in [-0.4, -0.2) is 50.9 Å². The molecule has 1 N–H and O–H groups in total. The third-order valence-electron chi connectivity index (χ3n) is 4.19. The molecule has 3 rings (SSSR count). The molecule has 1 heterocycles. The molecule has 1 aliphatic heterocycles. The van der Waals surface area contributed by atoms with Crippen molar-refractivity contribution in [3.05, 3.63) is 54.1 Å². The summed E-state index contributed by atoms with van der Waals surface area (Å²) < 4.78 is 25.6. The molecule has 28 heavy (non-hydrogen) atoms. The third-order valence-corrected chi connectivity index (χ3v) is 7.18. The van der Waals surface area contributed by atoms with Crippen molar-refractivity contribution in [3.8, 4) is 0 Å². The van der Waals surface area contributed by atoms with Crippen LogP contribution in [0.4, 0.5) is 16.2 Å². The fraction of sp³-hybridized carbons (Fsp3) is 0.263. The summed E-state index contributed by atoms with van der Waals surface area (Å²) >= 11 is 1.02. The Bertz CT molecular complexity index is 1010. The summed E-state index contributed by atoms with van der Waals surface area (Å²) in [4.78, 5) is 26.8. The number of hydrogen-bond acceptors (Lipinski definition) is 5. The third kappa shape index (κ3) is 4.48. The summed E-state index contributed by atoms with van der Waals surface area (Å²) in [6.07, 6.45) is 0.573. The molecular formula is C19H21N3O4S2. The van der Waals surface area contributed by atoms with E-state index in [1.807, 2.05) is 0 Å². The van der Waals surface area contributed by atoms with E-state index in [-0.39, 0.29) is 16.9 Å². The van der Waals surface area contributed by atoms with Crippen molar-refractivity contribution in [2.45, 2.75) is 11.3 Å². The lowest BCUT2D eigenvalue weighted by molar-refractivity contribution is 0.102. The van der Waals surface area contributed by atoms with E-state index < -0.39 is 10.0 Å². The number of carbonyl (C=O) groups excluding carboxylic acids is 2. The van der Waals surface area contributed by atoms with Gasteiger partial charge in [0.05, 0.1) is 17.1 Å². The number of rotatable bonds is 4. The maximum absolute atomic E-state index is 12.7. The van der Waals surface area contributed by atoms with E-state index >= 15 is 0 Å². The number of benzene rings is 2. The molecule has 2 aromatic rings. The van der Waals surface area contributed by atoms with Gasteiger partial charge in [0.25, 0.3) is 11.1 Å². The number of carbonyl (C=O) groups is 2. The number of nitrogens with one attached hydrogen (secondary N) is 1. The predicted octanol–water partition coefficient (Wildman–Crippen LogP) is 3.25. The van der Waals surface area contributed by atoms with Gasteiger partial charge in [0.15, 0.2) is 0 Å². The quantitative estimate of drug-likeness (QED) is 0.769. The van der Waals surface area contributed by atoms with Gasteiger partial charge in [0.2, 0.25) is 10.0 Å². The number of thioether (sulfide) groups is 1. The fourth-order valence-corrected chi connectivity index (χ4v) is 5.07. The molecule has 148 valence electrons. The molecule has 2 aromatic carbocycles. The van der Waals surface area contributed by atoms with E-state index in [1.54, 1.807) is 62.6 Å². The molecule has 0 aliphatic carbocycles. The molecule has 1 fully saturated rings. The van der Waals surface area contributed by atoms with Gasteiger partial charge in [-0.1, -0.05) is 18.2 Å². The van der Waals surface area contributed by atoms with Gasteiger partial charge in [-0.3, -0.25) is 13.9 Å². The summed E-state index contributed by atoms with van der Waals surface area (Å²) in [5.41, 5.74) is 1.35. The molecule has 0 spiro atoms. The molecule has 2 amide bonds. The summed E-state index contributed by atoms with van der Waals surface area (Å²) in [5.74, 6) is -0.253. The zero-order valence-corrected chi connectivity index (χ0v) is 17.2. The van der Waals surface area contributed by atoms with Crippen LogP contribution in [0.15, 0.2) is 53.4 Å². The largest absolute Gasteiger partial charge is 0.339 e. The average Bonchev–Trinajstić information content (AvgIpc) is 3.02. The normalized spacial score (nSPS) is 15.3. The SMILES string of the molecule is CN(C)C(=O)Sc1ccccc1NC(=O)c1cccc(N2CCCS2(=O)=O)c1. The molecule has 0 bridgehead atoms. The lowest BCUT2D eigenvalue weighted by Gasteiger charge is -2.18. The predicted molar refractivity (Wildman–Crippen MR) is 112 cm³/mol. The number of sulfonamides is 1. The van der Waals surface area contributed by atoms with Crippen LogP contribution in [0.25, 0.3) is 0 Å². The van der Waals surface area contributed by atoms with Crippen molar-refractivity contribution in [3.63, 3.8) is 0 Å². The number of para-hydroxylation sites is 1. The first-order chi connectivity index (χ1) is 13.3. The van der Waals surface area contributed by atoms with Crippen molar-refractivity contribution in [2.75, 3.05) is 36.0 Å². The summed E-state index contributed by atoms with van der Waals surface area (Å²) in [7, 11) is 0.00859. The number of nitrogens with zero attached hydrogens (tertiary/aromatic N) is 2. The monoisotopic (exact) mass is 419 g/mol. The van der Waals surface area contributed by atoms with Gasteiger partial charge >= 0.3 is 0 Å². The van der Waals surface area contributed by atoms with E-state index in [1.165, 1.54) is 9.21 Å². The molecule has 0 saturated carbocycles. The van der Waals surface area contributed by atoms with Crippen LogP contribution >= 0.6 is 11.8 Å². The standard InChI is InChI=1S/C19H21N3O4S2/c1-21(2)19(24)27-17-10-4-3-9-16(17)20-18(23)14-7-5-8-15(13-14)22-11-6-12-28(22,25)26/h3-5,7-10,13H,6,11-12H2,1-2H3,(H,20,23). The van der Waals surface area contributed by atoms with Gasteiger partial charge in [-0.2, -0.15) is 0 Å². The highest BCUT2D eigenvalue weighted by atomic mass is 32.2. The second-order valence-corrected chi connectivity index (χ2v) is 9.51. The summed E-state index contributed by atoms with van der Waals surface area (Å²) in [5, 5.41) is 2.66. The van der Waals surface area contributed by atoms with Crippen molar-refractivity contribution in [2.24, 2.45) is 0 Å². The van der Waals surface area contributed by atoms with Crippen LogP contribution in [0, 0.1) is 0 Å². The van der Waals surface area contributed by atoms with Crippen molar-refractivity contribution < 1.29 is 18.0 Å². The molecule has 1 aliphatic rings. The van der Waals surface area contributed by atoms with E-state index in [9.17, 15) is 18.0 Å². The number of amides is 2. The van der Waals surface area contributed by atoms with Crippen LogP contribution in [0.3, 0.4) is 0 Å². The first-order valence-corrected chi connectivity index (χ1v) is 11.1.